The lowest BCUT2D eigenvalue weighted by atomic mass is 10.0. The molecule has 7 nitrogen and oxygen atoms in total. The van der Waals surface area contributed by atoms with Crippen LogP contribution in [0.3, 0.4) is 0 Å². The van der Waals surface area contributed by atoms with Crippen LogP contribution in [-0.2, 0) is 26.6 Å². The number of fused-ring (bicyclic) bond motifs is 2. The molecule has 0 bridgehead atoms. The lowest BCUT2D eigenvalue weighted by Gasteiger charge is -2.27. The summed E-state index contributed by atoms with van der Waals surface area (Å²) < 4.78 is 2.17. The van der Waals surface area contributed by atoms with Gasteiger partial charge in [0.05, 0.1) is 11.3 Å². The molecule has 140 valence electrons. The number of nitrogens with zero attached hydrogens (tertiary/aromatic N) is 5. The zero-order valence-corrected chi connectivity index (χ0v) is 15.6. The van der Waals surface area contributed by atoms with Crippen LogP contribution < -0.4 is 5.56 Å². The number of rotatable bonds is 3. The molecule has 0 atom stereocenters. The van der Waals surface area contributed by atoms with Crippen molar-refractivity contribution >= 4 is 10.9 Å². The highest BCUT2D eigenvalue weighted by Gasteiger charge is 2.22. The Kier molecular flexibility index (Phi) is 4.02. The first-order chi connectivity index (χ1) is 13.7. The first-order valence-electron chi connectivity index (χ1n) is 9.32. The topological polar surface area (TPSA) is 79.7 Å². The normalized spacial score (nSPS) is 14.3. The molecule has 4 aromatic rings. The Labute approximate surface area is 161 Å². The van der Waals surface area contributed by atoms with Gasteiger partial charge in [0.15, 0.2) is 0 Å². The quantitative estimate of drug-likeness (QED) is 0.597. The van der Waals surface area contributed by atoms with Gasteiger partial charge in [0.1, 0.15) is 12.2 Å². The molecule has 0 unspecified atom stereocenters. The fourth-order valence-electron chi connectivity index (χ4n) is 3.98. The van der Waals surface area contributed by atoms with Crippen molar-refractivity contribution in [3.05, 3.63) is 76.4 Å². The molecule has 7 heteroatoms. The first-order valence-corrected chi connectivity index (χ1v) is 9.32. The Bertz CT molecular complexity index is 1210. The molecule has 0 radical (unpaired) electrons. The lowest BCUT2D eigenvalue weighted by Crippen LogP contribution is -2.35. The van der Waals surface area contributed by atoms with E-state index in [0.29, 0.717) is 24.4 Å². The fraction of sp³-hybridized carbons (Fsp3) is 0.238. The van der Waals surface area contributed by atoms with E-state index < -0.39 is 0 Å². The van der Waals surface area contributed by atoms with E-state index in [-0.39, 0.29) is 5.56 Å². The molecule has 0 saturated heterocycles. The summed E-state index contributed by atoms with van der Waals surface area (Å²) in [5.41, 5.74) is 4.81. The summed E-state index contributed by atoms with van der Waals surface area (Å²) in [5.74, 6) is 0.524. The molecule has 0 aliphatic carbocycles. The summed E-state index contributed by atoms with van der Waals surface area (Å²) in [7, 11) is 2.08. The van der Waals surface area contributed by atoms with Crippen LogP contribution >= 0.6 is 0 Å². The number of aromatic nitrogens is 5. The zero-order valence-electron chi connectivity index (χ0n) is 15.6. The minimum absolute atomic E-state index is 0.0614. The number of H-pyrrole nitrogens is 1. The molecule has 3 aromatic heterocycles. The molecule has 0 saturated carbocycles. The van der Waals surface area contributed by atoms with E-state index in [2.05, 4.69) is 61.9 Å². The molecule has 1 N–H and O–H groups in total. The maximum absolute atomic E-state index is 12.5. The Hall–Kier alpha value is -3.32. The van der Waals surface area contributed by atoms with Crippen LogP contribution in [0.25, 0.3) is 22.3 Å². The second kappa shape index (κ2) is 6.69. The van der Waals surface area contributed by atoms with Gasteiger partial charge in [0, 0.05) is 61.7 Å². The van der Waals surface area contributed by atoms with E-state index >= 15 is 0 Å². The van der Waals surface area contributed by atoms with Gasteiger partial charge in [0.2, 0.25) is 0 Å². The highest BCUT2D eigenvalue weighted by Crippen LogP contribution is 2.24. The van der Waals surface area contributed by atoms with Gasteiger partial charge < -0.3 is 9.55 Å². The van der Waals surface area contributed by atoms with Crippen LogP contribution in [0.5, 0.6) is 0 Å². The lowest BCUT2D eigenvalue weighted by molar-refractivity contribution is 0.241. The van der Waals surface area contributed by atoms with E-state index in [9.17, 15) is 4.79 Å². The molecular formula is C21H20N6O. The third kappa shape index (κ3) is 2.90. The van der Waals surface area contributed by atoms with Crippen molar-refractivity contribution in [3.63, 3.8) is 0 Å². The average molecular weight is 372 g/mol. The Morgan fingerprint density at radius 2 is 2.00 bits per heavy atom. The molecule has 1 aliphatic rings. The predicted octanol–water partition coefficient (Wildman–Crippen LogP) is 2.28. The first kappa shape index (κ1) is 16.8. The Morgan fingerprint density at radius 1 is 1.18 bits per heavy atom. The monoisotopic (exact) mass is 372 g/mol. The summed E-state index contributed by atoms with van der Waals surface area (Å²) in [6.45, 7) is 2.33. The molecular weight excluding hydrogens is 352 g/mol. The van der Waals surface area contributed by atoms with Crippen molar-refractivity contribution < 1.29 is 0 Å². The molecule has 1 aromatic carbocycles. The summed E-state index contributed by atoms with van der Waals surface area (Å²) in [5, 5.41) is 1.27. The van der Waals surface area contributed by atoms with Crippen molar-refractivity contribution in [3.8, 4) is 11.4 Å². The van der Waals surface area contributed by atoms with Gasteiger partial charge in [-0.2, -0.15) is 0 Å². The number of hydrogen-bond acceptors (Lipinski definition) is 5. The van der Waals surface area contributed by atoms with Crippen molar-refractivity contribution in [2.75, 3.05) is 6.54 Å². The van der Waals surface area contributed by atoms with Crippen LogP contribution in [0.15, 0.2) is 54.0 Å². The Morgan fingerprint density at radius 3 is 2.86 bits per heavy atom. The third-order valence-electron chi connectivity index (χ3n) is 5.36. The van der Waals surface area contributed by atoms with Gasteiger partial charge in [-0.15, -0.1) is 0 Å². The third-order valence-corrected chi connectivity index (χ3v) is 5.36. The van der Waals surface area contributed by atoms with Crippen molar-refractivity contribution in [2.45, 2.75) is 19.5 Å². The number of hydrogen-bond donors (Lipinski definition) is 1. The molecule has 28 heavy (non-hydrogen) atoms. The number of benzene rings is 1. The molecule has 0 spiro atoms. The average Bonchev–Trinajstić information content (AvgIpc) is 3.04. The number of aromatic amines is 1. The summed E-state index contributed by atoms with van der Waals surface area (Å²) in [6.07, 6.45) is 7.68. The van der Waals surface area contributed by atoms with Gasteiger partial charge in [-0.05, 0) is 18.1 Å². The highest BCUT2D eigenvalue weighted by atomic mass is 16.1. The second-order valence-corrected chi connectivity index (χ2v) is 7.21. The van der Waals surface area contributed by atoms with Crippen LogP contribution in [0, 0.1) is 0 Å². The van der Waals surface area contributed by atoms with Gasteiger partial charge in [-0.3, -0.25) is 9.69 Å². The molecule has 0 amide bonds. The largest absolute Gasteiger partial charge is 0.350 e. The molecule has 0 fully saturated rings. The maximum Gasteiger partial charge on any atom is 0.254 e. The van der Waals surface area contributed by atoms with E-state index in [1.807, 2.05) is 0 Å². The molecule has 5 rings (SSSR count). The predicted molar refractivity (Wildman–Crippen MR) is 107 cm³/mol. The fourth-order valence-corrected chi connectivity index (χ4v) is 3.98. The minimum atomic E-state index is -0.0614. The van der Waals surface area contributed by atoms with Gasteiger partial charge in [-0.25, -0.2) is 15.0 Å². The molecule has 4 heterocycles. The smallest absolute Gasteiger partial charge is 0.254 e. The SMILES string of the molecule is Cn1cc(CN2CCc3c(nc(-c4cncnc4)[nH]c3=O)C2)c2ccccc21. The van der Waals surface area contributed by atoms with Gasteiger partial charge in [-0.1, -0.05) is 18.2 Å². The minimum Gasteiger partial charge on any atom is -0.350 e. The number of aryl methyl sites for hydroxylation is 1. The van der Waals surface area contributed by atoms with Crippen molar-refractivity contribution in [1.29, 1.82) is 0 Å². The van der Waals surface area contributed by atoms with E-state index in [0.717, 1.165) is 24.3 Å². The van der Waals surface area contributed by atoms with E-state index in [1.54, 1.807) is 12.4 Å². The van der Waals surface area contributed by atoms with Crippen LogP contribution in [0.1, 0.15) is 16.8 Å². The number of nitrogens with one attached hydrogen (secondary N) is 1. The maximum atomic E-state index is 12.5. The summed E-state index contributed by atoms with van der Waals surface area (Å²) in [4.78, 5) is 30.5. The van der Waals surface area contributed by atoms with E-state index in [1.165, 1.54) is 22.8 Å². The standard InChI is InChI=1S/C21H20N6O/c1-26-10-15(16-4-2-3-5-19(16)26)11-27-7-6-17-18(12-27)24-20(25-21(17)28)14-8-22-13-23-9-14/h2-5,8-10,13H,6-7,11-12H2,1H3,(H,24,25,28). The number of para-hydroxylation sites is 1. The van der Waals surface area contributed by atoms with Crippen LogP contribution in [0.2, 0.25) is 0 Å². The van der Waals surface area contributed by atoms with E-state index in [4.69, 9.17) is 4.98 Å². The van der Waals surface area contributed by atoms with Crippen molar-refractivity contribution in [1.82, 2.24) is 29.4 Å². The zero-order chi connectivity index (χ0) is 19.1. The van der Waals surface area contributed by atoms with Gasteiger partial charge >= 0.3 is 0 Å². The highest BCUT2D eigenvalue weighted by molar-refractivity contribution is 5.83. The summed E-state index contributed by atoms with van der Waals surface area (Å²) >= 11 is 0. The van der Waals surface area contributed by atoms with Crippen molar-refractivity contribution in [2.24, 2.45) is 7.05 Å². The van der Waals surface area contributed by atoms with Crippen LogP contribution in [0.4, 0.5) is 0 Å². The Balaban J connectivity index is 1.46. The van der Waals surface area contributed by atoms with Gasteiger partial charge in [0.25, 0.3) is 5.56 Å². The second-order valence-electron chi connectivity index (χ2n) is 7.21. The van der Waals surface area contributed by atoms with Crippen LogP contribution in [-0.4, -0.2) is 35.9 Å². The summed E-state index contributed by atoms with van der Waals surface area (Å²) in [6, 6.07) is 8.44. The molecule has 1 aliphatic heterocycles.